The van der Waals surface area contributed by atoms with E-state index in [1.165, 1.54) is 19.3 Å². The minimum Gasteiger partial charge on any atom is -0.398 e. The van der Waals surface area contributed by atoms with Gasteiger partial charge in [0.2, 0.25) is 0 Å². The Morgan fingerprint density at radius 2 is 1.71 bits per heavy atom. The van der Waals surface area contributed by atoms with Gasteiger partial charge in [-0.05, 0) is 49.4 Å². The number of nitrogen functional groups attached to an aromatic ring is 1. The molecule has 0 heterocycles. The highest BCUT2D eigenvalue weighted by Crippen LogP contribution is 2.34. The number of nitrogens with one attached hydrogen (secondary N) is 2. The number of carbonyl (C=O) groups is 1. The molecule has 0 saturated heterocycles. The molecule has 150 valence electrons. The van der Waals surface area contributed by atoms with Crippen molar-refractivity contribution < 1.29 is 4.79 Å². The molecule has 1 amide bonds. The molecule has 1 aliphatic rings. The molecule has 4 heteroatoms. The normalized spacial score (nSPS) is 15.1. The molecule has 1 unspecified atom stereocenters. The number of anilines is 1. The first-order valence-corrected chi connectivity index (χ1v) is 10.4. The van der Waals surface area contributed by atoms with Gasteiger partial charge in [0, 0.05) is 22.5 Å². The quantitative estimate of drug-likeness (QED) is 0.458. The Hall–Kier alpha value is -2.62. The average Bonchev–Trinajstić information content (AvgIpc) is 2.74. The zero-order valence-corrected chi connectivity index (χ0v) is 17.3. The van der Waals surface area contributed by atoms with E-state index >= 15 is 0 Å². The average molecular weight is 380 g/mol. The molecule has 3 rings (SSSR count). The summed E-state index contributed by atoms with van der Waals surface area (Å²) in [5, 5.41) is 11.1. The van der Waals surface area contributed by atoms with Gasteiger partial charge in [0.25, 0.3) is 5.91 Å². The van der Waals surface area contributed by atoms with Crippen LogP contribution in [0.5, 0.6) is 0 Å². The largest absolute Gasteiger partial charge is 0.398 e. The molecular formula is C24H33N3O. The van der Waals surface area contributed by atoms with Crippen molar-refractivity contribution in [1.82, 2.24) is 5.32 Å². The SMILES string of the molecule is CC.CC(=N)c1cc(C(=O)NC(c2ccccc2)C2CCCCC2)ccc1N. The summed E-state index contributed by atoms with van der Waals surface area (Å²) in [7, 11) is 0. The van der Waals surface area contributed by atoms with Gasteiger partial charge in [-0.3, -0.25) is 4.79 Å². The van der Waals surface area contributed by atoms with Crippen LogP contribution in [0.25, 0.3) is 0 Å². The molecule has 0 aromatic heterocycles. The van der Waals surface area contributed by atoms with E-state index in [0.29, 0.717) is 28.4 Å². The highest BCUT2D eigenvalue weighted by Gasteiger charge is 2.27. The van der Waals surface area contributed by atoms with Crippen LogP contribution in [0.4, 0.5) is 5.69 Å². The predicted octanol–water partition coefficient (Wildman–Crippen LogP) is 5.73. The summed E-state index contributed by atoms with van der Waals surface area (Å²) in [5.41, 5.74) is 9.15. The van der Waals surface area contributed by atoms with Crippen LogP contribution in [0, 0.1) is 11.3 Å². The highest BCUT2D eigenvalue weighted by molar-refractivity contribution is 6.04. The molecule has 0 bridgehead atoms. The Morgan fingerprint density at radius 1 is 1.07 bits per heavy atom. The molecular weight excluding hydrogens is 346 g/mol. The van der Waals surface area contributed by atoms with E-state index in [1.807, 2.05) is 32.0 Å². The van der Waals surface area contributed by atoms with Gasteiger partial charge in [-0.1, -0.05) is 63.4 Å². The summed E-state index contributed by atoms with van der Waals surface area (Å²) in [6.45, 7) is 5.68. The van der Waals surface area contributed by atoms with E-state index in [1.54, 1.807) is 25.1 Å². The van der Waals surface area contributed by atoms with E-state index in [4.69, 9.17) is 11.1 Å². The third-order valence-corrected chi connectivity index (χ3v) is 5.29. The number of amides is 1. The third-order valence-electron chi connectivity index (χ3n) is 5.29. The monoisotopic (exact) mass is 379 g/mol. The maximum atomic E-state index is 12.9. The van der Waals surface area contributed by atoms with Crippen molar-refractivity contribution in [3.63, 3.8) is 0 Å². The van der Waals surface area contributed by atoms with E-state index < -0.39 is 0 Å². The van der Waals surface area contributed by atoms with Gasteiger partial charge in [0.15, 0.2) is 0 Å². The van der Waals surface area contributed by atoms with E-state index in [2.05, 4.69) is 17.4 Å². The molecule has 0 aliphatic heterocycles. The Balaban J connectivity index is 0.00000136. The zero-order chi connectivity index (χ0) is 20.5. The number of carbonyl (C=O) groups excluding carboxylic acids is 1. The molecule has 4 nitrogen and oxygen atoms in total. The van der Waals surface area contributed by atoms with Gasteiger partial charge < -0.3 is 16.5 Å². The molecule has 0 spiro atoms. The second-order valence-electron chi connectivity index (χ2n) is 7.19. The van der Waals surface area contributed by atoms with Gasteiger partial charge in [-0.25, -0.2) is 0 Å². The maximum Gasteiger partial charge on any atom is 0.251 e. The second kappa shape index (κ2) is 10.6. The molecule has 1 aliphatic carbocycles. The third kappa shape index (κ3) is 5.44. The Kier molecular flexibility index (Phi) is 8.24. The molecule has 1 fully saturated rings. The van der Waals surface area contributed by atoms with Crippen LogP contribution in [0.1, 0.15) is 80.4 Å². The van der Waals surface area contributed by atoms with Crippen molar-refractivity contribution in [2.75, 3.05) is 5.73 Å². The van der Waals surface area contributed by atoms with E-state index in [9.17, 15) is 4.79 Å². The number of hydrogen-bond acceptors (Lipinski definition) is 3. The van der Waals surface area contributed by atoms with Gasteiger partial charge in [0.1, 0.15) is 0 Å². The van der Waals surface area contributed by atoms with Crippen LogP contribution in [0.2, 0.25) is 0 Å². The summed E-state index contributed by atoms with van der Waals surface area (Å²) in [5.74, 6) is 0.361. The summed E-state index contributed by atoms with van der Waals surface area (Å²) in [4.78, 5) is 12.9. The van der Waals surface area contributed by atoms with Gasteiger partial charge in [-0.2, -0.15) is 0 Å². The van der Waals surface area contributed by atoms with Crippen LogP contribution in [-0.4, -0.2) is 11.6 Å². The molecule has 2 aromatic rings. The van der Waals surface area contributed by atoms with Crippen molar-refractivity contribution >= 4 is 17.3 Å². The van der Waals surface area contributed by atoms with Crippen molar-refractivity contribution in [2.45, 2.75) is 58.9 Å². The standard InChI is InChI=1S/C22H27N3O.C2H6/c1-15(23)19-14-18(12-13-20(19)24)22(26)25-21(16-8-4-2-5-9-16)17-10-6-3-7-11-17;1-2/h2,4-5,8-9,12-14,17,21,23H,3,6-7,10-11,24H2,1H3,(H,25,26);1-2H3. The number of benzene rings is 2. The minimum absolute atomic E-state index is 0.0195. The Bertz CT molecular complexity index is 780. The van der Waals surface area contributed by atoms with E-state index in [-0.39, 0.29) is 11.9 Å². The van der Waals surface area contributed by atoms with Crippen LogP contribution < -0.4 is 11.1 Å². The lowest BCUT2D eigenvalue weighted by Gasteiger charge is -2.31. The summed E-state index contributed by atoms with van der Waals surface area (Å²) in [6, 6.07) is 15.4. The molecule has 1 saturated carbocycles. The fourth-order valence-electron chi connectivity index (χ4n) is 3.85. The van der Waals surface area contributed by atoms with Crippen molar-refractivity contribution in [2.24, 2.45) is 5.92 Å². The lowest BCUT2D eigenvalue weighted by atomic mass is 9.81. The van der Waals surface area contributed by atoms with Crippen molar-refractivity contribution in [1.29, 1.82) is 5.41 Å². The molecule has 0 radical (unpaired) electrons. The van der Waals surface area contributed by atoms with Gasteiger partial charge in [0.05, 0.1) is 6.04 Å². The number of nitrogens with two attached hydrogens (primary N) is 1. The lowest BCUT2D eigenvalue weighted by molar-refractivity contribution is 0.0912. The molecule has 2 aromatic carbocycles. The molecule has 28 heavy (non-hydrogen) atoms. The Morgan fingerprint density at radius 3 is 2.32 bits per heavy atom. The Labute approximate surface area is 169 Å². The lowest BCUT2D eigenvalue weighted by Crippen LogP contribution is -2.34. The fourth-order valence-corrected chi connectivity index (χ4v) is 3.85. The van der Waals surface area contributed by atoms with Crippen LogP contribution in [-0.2, 0) is 0 Å². The fraction of sp³-hybridized carbons (Fsp3) is 0.417. The van der Waals surface area contributed by atoms with Crippen LogP contribution in [0.3, 0.4) is 0 Å². The summed E-state index contributed by atoms with van der Waals surface area (Å²) >= 11 is 0. The van der Waals surface area contributed by atoms with E-state index in [0.717, 1.165) is 18.4 Å². The van der Waals surface area contributed by atoms with Crippen LogP contribution in [0.15, 0.2) is 48.5 Å². The van der Waals surface area contributed by atoms with Crippen LogP contribution >= 0.6 is 0 Å². The first-order chi connectivity index (χ1) is 13.6. The smallest absolute Gasteiger partial charge is 0.251 e. The molecule has 1 atom stereocenters. The van der Waals surface area contributed by atoms with Crippen molar-refractivity contribution in [3.8, 4) is 0 Å². The summed E-state index contributed by atoms with van der Waals surface area (Å²) in [6.07, 6.45) is 6.02. The number of hydrogen-bond donors (Lipinski definition) is 3. The van der Waals surface area contributed by atoms with Gasteiger partial charge in [-0.15, -0.1) is 0 Å². The first-order valence-electron chi connectivity index (χ1n) is 10.4. The second-order valence-corrected chi connectivity index (χ2v) is 7.19. The highest BCUT2D eigenvalue weighted by atomic mass is 16.1. The minimum atomic E-state index is -0.105. The first kappa shape index (κ1) is 21.7. The number of rotatable bonds is 5. The maximum absolute atomic E-state index is 12.9. The summed E-state index contributed by atoms with van der Waals surface area (Å²) < 4.78 is 0. The van der Waals surface area contributed by atoms with Crippen molar-refractivity contribution in [3.05, 3.63) is 65.2 Å². The molecule has 4 N–H and O–H groups in total. The van der Waals surface area contributed by atoms with Gasteiger partial charge >= 0.3 is 0 Å². The zero-order valence-electron chi connectivity index (χ0n) is 17.3. The predicted molar refractivity (Wildman–Crippen MR) is 118 cm³/mol. The topological polar surface area (TPSA) is 79.0 Å².